The van der Waals surface area contributed by atoms with Gasteiger partial charge in [-0.25, -0.2) is 0 Å². The Hall–Kier alpha value is -1.06. The molecule has 23 heavy (non-hydrogen) atoms. The van der Waals surface area contributed by atoms with E-state index in [1.165, 1.54) is 0 Å². The molecule has 2 saturated heterocycles. The first kappa shape index (κ1) is 16.8. The summed E-state index contributed by atoms with van der Waals surface area (Å²) in [6, 6.07) is 0.367. The Morgan fingerprint density at radius 2 is 1.78 bits per heavy atom. The number of piperidine rings is 2. The Morgan fingerprint density at radius 1 is 1.09 bits per heavy atom. The van der Waals surface area contributed by atoms with Crippen molar-refractivity contribution in [2.24, 2.45) is 16.7 Å². The first-order valence-electron chi connectivity index (χ1n) is 9.35. The Bertz CT molecular complexity index is 492. The maximum absolute atomic E-state index is 13.0. The summed E-state index contributed by atoms with van der Waals surface area (Å²) >= 11 is 0. The van der Waals surface area contributed by atoms with Crippen LogP contribution in [0.5, 0.6) is 0 Å². The van der Waals surface area contributed by atoms with Crippen LogP contribution in [0, 0.1) is 16.7 Å². The predicted molar refractivity (Wildman–Crippen MR) is 90.8 cm³/mol. The van der Waals surface area contributed by atoms with Gasteiger partial charge in [-0.05, 0) is 43.4 Å². The van der Waals surface area contributed by atoms with Crippen LogP contribution in [0.15, 0.2) is 0 Å². The van der Waals surface area contributed by atoms with Crippen molar-refractivity contribution in [1.82, 2.24) is 9.80 Å². The van der Waals surface area contributed by atoms with Crippen molar-refractivity contribution in [1.29, 1.82) is 0 Å². The summed E-state index contributed by atoms with van der Waals surface area (Å²) < 4.78 is 0. The second-order valence-corrected chi connectivity index (χ2v) is 9.03. The lowest BCUT2D eigenvalue weighted by molar-refractivity contribution is -0.158. The third-order valence-electron chi connectivity index (χ3n) is 6.23. The molecule has 3 fully saturated rings. The van der Waals surface area contributed by atoms with E-state index in [-0.39, 0.29) is 11.3 Å². The van der Waals surface area contributed by atoms with Crippen molar-refractivity contribution >= 4 is 11.8 Å². The first-order valence-corrected chi connectivity index (χ1v) is 9.35. The van der Waals surface area contributed by atoms with Crippen LogP contribution < -0.4 is 0 Å². The molecule has 1 aliphatic carbocycles. The molecule has 0 bridgehead atoms. The first-order chi connectivity index (χ1) is 10.8. The van der Waals surface area contributed by atoms with Gasteiger partial charge in [-0.3, -0.25) is 9.59 Å². The summed E-state index contributed by atoms with van der Waals surface area (Å²) in [5, 5.41) is 0. The number of hydrogen-bond donors (Lipinski definition) is 0. The zero-order valence-corrected chi connectivity index (χ0v) is 15.2. The van der Waals surface area contributed by atoms with Crippen LogP contribution in [-0.2, 0) is 9.59 Å². The van der Waals surface area contributed by atoms with Gasteiger partial charge in [-0.15, -0.1) is 0 Å². The third-order valence-corrected chi connectivity index (χ3v) is 6.23. The molecule has 0 aromatic heterocycles. The van der Waals surface area contributed by atoms with Gasteiger partial charge in [0.1, 0.15) is 0 Å². The average Bonchev–Trinajstić information content (AvgIpc) is 2.50. The standard InChI is InChI=1S/C19H32N2O2/c1-5-16(22)21-9-6-7-14-11-20(10-8-15(14)21)17(23)19(4)12-18(2,3)13-19/h14-15H,5-13H2,1-4H3. The highest BCUT2D eigenvalue weighted by Gasteiger charge is 2.53. The van der Waals surface area contributed by atoms with E-state index in [0.29, 0.717) is 29.7 Å². The van der Waals surface area contributed by atoms with Crippen LogP contribution in [0.25, 0.3) is 0 Å². The molecular weight excluding hydrogens is 288 g/mol. The number of fused-ring (bicyclic) bond motifs is 1. The molecule has 3 aliphatic rings. The topological polar surface area (TPSA) is 40.6 Å². The van der Waals surface area contributed by atoms with E-state index in [4.69, 9.17) is 0 Å². The second kappa shape index (κ2) is 5.78. The minimum Gasteiger partial charge on any atom is -0.342 e. The second-order valence-electron chi connectivity index (χ2n) is 9.03. The number of amides is 2. The van der Waals surface area contributed by atoms with Crippen LogP contribution in [0.1, 0.15) is 66.2 Å². The molecule has 3 rings (SSSR count). The van der Waals surface area contributed by atoms with E-state index in [1.54, 1.807) is 0 Å². The van der Waals surface area contributed by atoms with Gasteiger partial charge in [-0.1, -0.05) is 27.7 Å². The van der Waals surface area contributed by atoms with Gasteiger partial charge in [0, 0.05) is 37.5 Å². The minimum absolute atomic E-state index is 0.149. The molecule has 4 nitrogen and oxygen atoms in total. The number of hydrogen-bond acceptors (Lipinski definition) is 2. The summed E-state index contributed by atoms with van der Waals surface area (Å²) in [7, 11) is 0. The van der Waals surface area contributed by atoms with Crippen molar-refractivity contribution in [2.75, 3.05) is 19.6 Å². The summed E-state index contributed by atoms with van der Waals surface area (Å²) in [6.45, 7) is 11.2. The van der Waals surface area contributed by atoms with Crippen LogP contribution >= 0.6 is 0 Å². The fourth-order valence-corrected chi connectivity index (χ4v) is 5.69. The van der Waals surface area contributed by atoms with E-state index < -0.39 is 0 Å². The minimum atomic E-state index is -0.149. The predicted octanol–water partition coefficient (Wildman–Crippen LogP) is 3.06. The lowest BCUT2D eigenvalue weighted by Crippen LogP contribution is -2.60. The quantitative estimate of drug-likeness (QED) is 0.784. The fraction of sp³-hybridized carbons (Fsp3) is 0.895. The van der Waals surface area contributed by atoms with E-state index in [9.17, 15) is 9.59 Å². The van der Waals surface area contributed by atoms with E-state index in [0.717, 1.165) is 51.7 Å². The number of likely N-dealkylation sites (tertiary alicyclic amines) is 2. The summed E-state index contributed by atoms with van der Waals surface area (Å²) in [4.78, 5) is 29.4. The fourth-order valence-electron chi connectivity index (χ4n) is 5.69. The normalized spacial score (nSPS) is 32.0. The number of rotatable bonds is 2. The molecule has 2 aliphatic heterocycles. The lowest BCUT2D eigenvalue weighted by Gasteiger charge is -2.54. The highest BCUT2D eigenvalue weighted by molar-refractivity contribution is 5.84. The monoisotopic (exact) mass is 320 g/mol. The highest BCUT2D eigenvalue weighted by atomic mass is 16.2. The van der Waals surface area contributed by atoms with Gasteiger partial charge in [0.25, 0.3) is 0 Å². The SMILES string of the molecule is CCC(=O)N1CCCC2CN(C(=O)C3(C)CC(C)(C)C3)CCC21. The maximum atomic E-state index is 13.0. The van der Waals surface area contributed by atoms with Gasteiger partial charge in [0.05, 0.1) is 0 Å². The van der Waals surface area contributed by atoms with E-state index in [2.05, 4.69) is 30.6 Å². The van der Waals surface area contributed by atoms with Crippen LogP contribution in [0.2, 0.25) is 0 Å². The van der Waals surface area contributed by atoms with Gasteiger partial charge < -0.3 is 9.80 Å². The molecule has 0 aromatic carbocycles. The van der Waals surface area contributed by atoms with Gasteiger partial charge in [0.2, 0.25) is 11.8 Å². The molecule has 0 N–H and O–H groups in total. The van der Waals surface area contributed by atoms with Crippen molar-refractivity contribution in [3.8, 4) is 0 Å². The molecule has 2 heterocycles. The van der Waals surface area contributed by atoms with Crippen molar-refractivity contribution < 1.29 is 9.59 Å². The molecule has 2 amide bonds. The van der Waals surface area contributed by atoms with Crippen LogP contribution in [-0.4, -0.2) is 47.3 Å². The molecule has 1 saturated carbocycles. The molecular formula is C19H32N2O2. The zero-order chi connectivity index (χ0) is 16.8. The molecule has 4 heteroatoms. The lowest BCUT2D eigenvalue weighted by atomic mass is 9.54. The Labute approximate surface area is 140 Å². The Balaban J connectivity index is 1.64. The maximum Gasteiger partial charge on any atom is 0.228 e. The average molecular weight is 320 g/mol. The van der Waals surface area contributed by atoms with E-state index in [1.807, 2.05) is 6.92 Å². The van der Waals surface area contributed by atoms with Crippen molar-refractivity contribution in [3.05, 3.63) is 0 Å². The summed E-state index contributed by atoms with van der Waals surface area (Å²) in [5.41, 5.74) is 0.168. The molecule has 2 unspecified atom stereocenters. The zero-order valence-electron chi connectivity index (χ0n) is 15.2. The van der Waals surface area contributed by atoms with Gasteiger partial charge >= 0.3 is 0 Å². The van der Waals surface area contributed by atoms with Gasteiger partial charge in [-0.2, -0.15) is 0 Å². The number of carbonyl (C=O) groups is 2. The molecule has 0 aromatic rings. The molecule has 130 valence electrons. The largest absolute Gasteiger partial charge is 0.342 e. The number of nitrogens with zero attached hydrogens (tertiary/aromatic N) is 2. The van der Waals surface area contributed by atoms with Crippen molar-refractivity contribution in [2.45, 2.75) is 72.3 Å². The Kier molecular flexibility index (Phi) is 4.22. The molecule has 0 spiro atoms. The summed E-state index contributed by atoms with van der Waals surface area (Å²) in [6.07, 6.45) is 5.80. The molecule has 0 radical (unpaired) electrons. The van der Waals surface area contributed by atoms with Crippen LogP contribution in [0.3, 0.4) is 0 Å². The molecule has 2 atom stereocenters. The van der Waals surface area contributed by atoms with E-state index >= 15 is 0 Å². The van der Waals surface area contributed by atoms with Crippen molar-refractivity contribution in [3.63, 3.8) is 0 Å². The van der Waals surface area contributed by atoms with Gasteiger partial charge in [0.15, 0.2) is 0 Å². The Morgan fingerprint density at radius 3 is 2.39 bits per heavy atom. The third kappa shape index (κ3) is 3.01. The summed E-state index contributed by atoms with van der Waals surface area (Å²) in [5.74, 6) is 1.12. The van der Waals surface area contributed by atoms with Crippen LogP contribution in [0.4, 0.5) is 0 Å². The highest BCUT2D eigenvalue weighted by Crippen LogP contribution is 2.55. The smallest absolute Gasteiger partial charge is 0.228 e. The number of carbonyl (C=O) groups excluding carboxylic acids is 2.